The van der Waals surface area contributed by atoms with Gasteiger partial charge in [0, 0.05) is 18.5 Å². The Kier molecular flexibility index (Phi) is 8.33. The number of aromatic nitrogens is 3. The van der Waals surface area contributed by atoms with E-state index >= 15 is 0 Å². The molecule has 0 saturated carbocycles. The lowest BCUT2D eigenvalue weighted by Crippen LogP contribution is -2.11. The molecule has 1 aromatic heterocycles. The summed E-state index contributed by atoms with van der Waals surface area (Å²) in [6, 6.07) is 23.2. The Morgan fingerprint density at radius 1 is 0.806 bits per heavy atom. The van der Waals surface area contributed by atoms with Crippen LogP contribution in [0.4, 0.5) is 11.6 Å². The second-order valence-electron chi connectivity index (χ2n) is 8.19. The van der Waals surface area contributed by atoms with Crippen LogP contribution in [0, 0.1) is 6.92 Å². The normalized spacial score (nSPS) is 10.8. The third-order valence-corrected chi connectivity index (χ3v) is 5.57. The molecular weight excluding hydrogens is 456 g/mol. The average Bonchev–Trinajstić information content (AvgIpc) is 2.88. The topological polar surface area (TPSA) is 95.5 Å². The SMILES string of the molecule is COOCc1ccccc1Cc1nc(Cc2ccccc2C(=O)OC)nc(Nc2cccc(C)c2)n1. The van der Waals surface area contributed by atoms with Crippen molar-refractivity contribution in [1.82, 2.24) is 15.0 Å². The van der Waals surface area contributed by atoms with Gasteiger partial charge in [0.1, 0.15) is 18.3 Å². The van der Waals surface area contributed by atoms with Crippen molar-refractivity contribution in [3.8, 4) is 0 Å². The molecule has 8 heteroatoms. The molecule has 0 saturated heterocycles. The summed E-state index contributed by atoms with van der Waals surface area (Å²) in [5.74, 6) is 1.17. The predicted molar refractivity (Wildman–Crippen MR) is 136 cm³/mol. The standard InChI is InChI=1S/C28H28N4O4/c1-19-9-8-13-23(15-19)29-28-31-25(16-20-10-4-5-12-22(20)18-36-35-3)30-26(32-28)17-21-11-6-7-14-24(21)27(33)34-2/h4-15H,16-18H2,1-3H3,(H,29,30,31,32). The highest BCUT2D eigenvalue weighted by molar-refractivity contribution is 5.91. The van der Waals surface area contributed by atoms with Crippen LogP contribution < -0.4 is 5.32 Å². The van der Waals surface area contributed by atoms with E-state index in [1.54, 1.807) is 12.1 Å². The van der Waals surface area contributed by atoms with Crippen molar-refractivity contribution in [2.75, 3.05) is 19.5 Å². The van der Waals surface area contributed by atoms with E-state index in [1.807, 2.05) is 67.6 Å². The second-order valence-corrected chi connectivity index (χ2v) is 8.19. The zero-order valence-electron chi connectivity index (χ0n) is 20.5. The molecule has 8 nitrogen and oxygen atoms in total. The fourth-order valence-corrected chi connectivity index (χ4v) is 3.85. The number of carbonyl (C=O) groups is 1. The van der Waals surface area contributed by atoms with Crippen LogP contribution in [0.5, 0.6) is 0 Å². The molecule has 1 N–H and O–H groups in total. The molecule has 0 radical (unpaired) electrons. The molecule has 0 fully saturated rings. The van der Waals surface area contributed by atoms with Gasteiger partial charge in [0.05, 0.1) is 19.8 Å². The fourth-order valence-electron chi connectivity index (χ4n) is 3.85. The first-order chi connectivity index (χ1) is 17.6. The number of hydrogen-bond acceptors (Lipinski definition) is 8. The number of methoxy groups -OCH3 is 1. The van der Waals surface area contributed by atoms with Crippen molar-refractivity contribution in [2.24, 2.45) is 0 Å². The zero-order chi connectivity index (χ0) is 25.3. The first kappa shape index (κ1) is 25.0. The molecule has 1 heterocycles. The van der Waals surface area contributed by atoms with Crippen LogP contribution in [0.25, 0.3) is 0 Å². The average molecular weight is 485 g/mol. The number of nitrogens with one attached hydrogen (secondary N) is 1. The monoisotopic (exact) mass is 484 g/mol. The number of benzene rings is 3. The van der Waals surface area contributed by atoms with Gasteiger partial charge in [-0.25, -0.2) is 19.6 Å². The van der Waals surface area contributed by atoms with Gasteiger partial charge in [-0.3, -0.25) is 0 Å². The first-order valence-corrected chi connectivity index (χ1v) is 11.5. The summed E-state index contributed by atoms with van der Waals surface area (Å²) in [7, 11) is 2.85. The predicted octanol–water partition coefficient (Wildman–Crippen LogP) is 4.97. The summed E-state index contributed by atoms with van der Waals surface area (Å²) in [4.78, 5) is 36.3. The quantitative estimate of drug-likeness (QED) is 0.192. The van der Waals surface area contributed by atoms with Crippen molar-refractivity contribution in [2.45, 2.75) is 26.4 Å². The molecule has 0 aliphatic carbocycles. The van der Waals surface area contributed by atoms with Crippen molar-refractivity contribution < 1.29 is 19.3 Å². The minimum Gasteiger partial charge on any atom is -0.465 e. The number of rotatable bonds is 10. The summed E-state index contributed by atoms with van der Waals surface area (Å²) in [5, 5.41) is 3.30. The van der Waals surface area contributed by atoms with Gasteiger partial charge in [-0.1, -0.05) is 54.6 Å². The van der Waals surface area contributed by atoms with Gasteiger partial charge in [0.15, 0.2) is 0 Å². The van der Waals surface area contributed by atoms with E-state index < -0.39 is 5.97 Å². The van der Waals surface area contributed by atoms with Crippen LogP contribution in [-0.4, -0.2) is 35.1 Å². The largest absolute Gasteiger partial charge is 0.465 e. The molecule has 0 aliphatic rings. The maximum Gasteiger partial charge on any atom is 0.338 e. The molecule has 0 unspecified atom stereocenters. The number of nitrogens with zero attached hydrogens (tertiary/aromatic N) is 3. The van der Waals surface area contributed by atoms with Crippen LogP contribution in [0.1, 0.15) is 44.3 Å². The summed E-state index contributed by atoms with van der Waals surface area (Å²) in [6.45, 7) is 2.34. The molecule has 4 aromatic rings. The van der Waals surface area contributed by atoms with E-state index in [1.165, 1.54) is 14.2 Å². The Bertz CT molecular complexity index is 1340. The van der Waals surface area contributed by atoms with Gasteiger partial charge in [0.2, 0.25) is 5.95 Å². The smallest absolute Gasteiger partial charge is 0.338 e. The summed E-state index contributed by atoms with van der Waals surface area (Å²) in [6.07, 6.45) is 0.817. The highest BCUT2D eigenvalue weighted by Gasteiger charge is 2.15. The van der Waals surface area contributed by atoms with E-state index in [4.69, 9.17) is 24.5 Å². The molecule has 184 valence electrons. The molecule has 0 aliphatic heterocycles. The second kappa shape index (κ2) is 12.0. The summed E-state index contributed by atoms with van der Waals surface area (Å²) < 4.78 is 4.95. The van der Waals surface area contributed by atoms with Gasteiger partial charge >= 0.3 is 5.97 Å². The van der Waals surface area contributed by atoms with E-state index in [2.05, 4.69) is 10.3 Å². The third kappa shape index (κ3) is 6.50. The van der Waals surface area contributed by atoms with E-state index in [0.717, 1.165) is 27.9 Å². The van der Waals surface area contributed by atoms with Gasteiger partial charge < -0.3 is 10.1 Å². The first-order valence-electron chi connectivity index (χ1n) is 11.5. The van der Waals surface area contributed by atoms with Gasteiger partial charge in [0.25, 0.3) is 0 Å². The Labute approximate surface area is 210 Å². The van der Waals surface area contributed by atoms with Gasteiger partial charge in [-0.05, 0) is 47.4 Å². The minimum atomic E-state index is -0.398. The minimum absolute atomic E-state index is 0.311. The van der Waals surface area contributed by atoms with E-state index in [9.17, 15) is 4.79 Å². The number of anilines is 2. The molecule has 0 spiro atoms. The van der Waals surface area contributed by atoms with Crippen LogP contribution >= 0.6 is 0 Å². The summed E-state index contributed by atoms with van der Waals surface area (Å²) >= 11 is 0. The maximum absolute atomic E-state index is 12.3. The number of hydrogen-bond donors (Lipinski definition) is 1. The fraction of sp³-hybridized carbons (Fsp3) is 0.214. The van der Waals surface area contributed by atoms with E-state index in [0.29, 0.717) is 42.6 Å². The molecule has 0 amide bonds. The van der Waals surface area contributed by atoms with E-state index in [-0.39, 0.29) is 0 Å². The summed E-state index contributed by atoms with van der Waals surface area (Å²) in [5.41, 5.74) is 5.25. The third-order valence-electron chi connectivity index (χ3n) is 5.57. The number of ether oxygens (including phenoxy) is 1. The zero-order valence-corrected chi connectivity index (χ0v) is 20.5. The van der Waals surface area contributed by atoms with Gasteiger partial charge in [-0.2, -0.15) is 9.97 Å². The lowest BCUT2D eigenvalue weighted by Gasteiger charge is -2.12. The van der Waals surface area contributed by atoms with Crippen molar-refractivity contribution in [1.29, 1.82) is 0 Å². The molecule has 36 heavy (non-hydrogen) atoms. The molecular formula is C28H28N4O4. The van der Waals surface area contributed by atoms with Crippen LogP contribution in [0.15, 0.2) is 72.8 Å². The van der Waals surface area contributed by atoms with Crippen molar-refractivity contribution >= 4 is 17.6 Å². The Balaban J connectivity index is 1.70. The highest BCUT2D eigenvalue weighted by Crippen LogP contribution is 2.20. The Morgan fingerprint density at radius 3 is 2.17 bits per heavy atom. The van der Waals surface area contributed by atoms with Crippen molar-refractivity contribution in [3.05, 3.63) is 112 Å². The lowest BCUT2D eigenvalue weighted by molar-refractivity contribution is -0.282. The number of esters is 1. The number of aryl methyl sites for hydroxylation is 1. The molecule has 3 aromatic carbocycles. The molecule has 4 rings (SSSR count). The highest BCUT2D eigenvalue weighted by atomic mass is 17.2. The maximum atomic E-state index is 12.3. The Morgan fingerprint density at radius 2 is 1.47 bits per heavy atom. The van der Waals surface area contributed by atoms with Crippen LogP contribution in [0.3, 0.4) is 0 Å². The molecule has 0 atom stereocenters. The molecule has 0 bridgehead atoms. The Hall–Kier alpha value is -4.14. The van der Waals surface area contributed by atoms with Crippen LogP contribution in [-0.2, 0) is 34.0 Å². The van der Waals surface area contributed by atoms with Gasteiger partial charge in [-0.15, -0.1) is 0 Å². The number of carbonyl (C=O) groups excluding carboxylic acids is 1. The van der Waals surface area contributed by atoms with Crippen LogP contribution in [0.2, 0.25) is 0 Å². The lowest BCUT2D eigenvalue weighted by atomic mass is 10.0. The van der Waals surface area contributed by atoms with Crippen molar-refractivity contribution in [3.63, 3.8) is 0 Å².